The molecule has 0 spiro atoms. The van der Waals surface area contributed by atoms with Crippen LogP contribution in [0.25, 0.3) is 22.6 Å². The zero-order chi connectivity index (χ0) is 23.7. The summed E-state index contributed by atoms with van der Waals surface area (Å²) >= 11 is 0. The van der Waals surface area contributed by atoms with E-state index in [-0.39, 0.29) is 11.4 Å². The minimum absolute atomic E-state index is 0.0496. The molecule has 172 valence electrons. The highest BCUT2D eigenvalue weighted by Crippen LogP contribution is 2.26. The molecule has 2 N–H and O–H groups in total. The zero-order valence-electron chi connectivity index (χ0n) is 17.5. The molecule has 0 bridgehead atoms. The van der Waals surface area contributed by atoms with Gasteiger partial charge in [0.1, 0.15) is 17.3 Å². The van der Waals surface area contributed by atoms with Gasteiger partial charge in [0.15, 0.2) is 24.0 Å². The Balaban J connectivity index is 1.25. The zero-order valence-corrected chi connectivity index (χ0v) is 17.5. The fourth-order valence-corrected chi connectivity index (χ4v) is 3.48. The van der Waals surface area contributed by atoms with E-state index in [1.807, 2.05) is 0 Å². The third-order valence-corrected chi connectivity index (χ3v) is 5.11. The van der Waals surface area contributed by atoms with Crippen molar-refractivity contribution in [3.05, 3.63) is 77.3 Å². The molecule has 9 nitrogen and oxygen atoms in total. The van der Waals surface area contributed by atoms with E-state index >= 15 is 0 Å². The number of benzene rings is 2. The lowest BCUT2D eigenvalue weighted by Crippen LogP contribution is -2.21. The van der Waals surface area contributed by atoms with Gasteiger partial charge in [-0.25, -0.2) is 18.6 Å². The van der Waals surface area contributed by atoms with Crippen molar-refractivity contribution < 1.29 is 27.9 Å². The first-order chi connectivity index (χ1) is 16.5. The van der Waals surface area contributed by atoms with Crippen molar-refractivity contribution in [1.82, 2.24) is 20.1 Å². The predicted octanol–water partition coefficient (Wildman–Crippen LogP) is 3.82. The summed E-state index contributed by atoms with van der Waals surface area (Å²) < 4.78 is 38.2. The number of H-pyrrole nitrogens is 1. The second kappa shape index (κ2) is 8.77. The van der Waals surface area contributed by atoms with Gasteiger partial charge < -0.3 is 19.4 Å². The molecular formula is C23H17F2N5O4. The molecule has 3 heterocycles. The summed E-state index contributed by atoms with van der Waals surface area (Å²) in [6.07, 6.45) is 1.57. The van der Waals surface area contributed by atoms with Gasteiger partial charge in [-0.1, -0.05) is 11.2 Å². The second-order valence-electron chi connectivity index (χ2n) is 7.50. The number of carboxylic acid groups (broad SMARTS) is 1. The maximum Gasteiger partial charge on any atom is 0.341 e. The number of carbonyl (C=O) groups is 1. The molecule has 4 aromatic rings. The number of rotatable bonds is 7. The van der Waals surface area contributed by atoms with Gasteiger partial charge in [-0.15, -0.1) is 0 Å². The predicted molar refractivity (Wildman–Crippen MR) is 116 cm³/mol. The third-order valence-electron chi connectivity index (χ3n) is 5.11. The van der Waals surface area contributed by atoms with Gasteiger partial charge in [-0.2, -0.15) is 5.10 Å². The van der Waals surface area contributed by atoms with E-state index < -0.39 is 24.2 Å². The number of hydrogen-bond acceptors (Lipinski definition) is 7. The van der Waals surface area contributed by atoms with Crippen molar-refractivity contribution >= 4 is 12.2 Å². The molecule has 5 rings (SSSR count). The summed E-state index contributed by atoms with van der Waals surface area (Å²) in [5, 5.41) is 18.8. The van der Waals surface area contributed by atoms with Crippen molar-refractivity contribution in [1.29, 1.82) is 0 Å². The number of nitrogens with zero attached hydrogens (tertiary/aromatic N) is 4. The summed E-state index contributed by atoms with van der Waals surface area (Å²) in [4.78, 5) is 18.0. The smallest absolute Gasteiger partial charge is 0.341 e. The van der Waals surface area contributed by atoms with Gasteiger partial charge in [0.2, 0.25) is 0 Å². The van der Waals surface area contributed by atoms with Crippen molar-refractivity contribution in [2.24, 2.45) is 5.10 Å². The number of hydrazone groups is 1. The molecular weight excluding hydrogens is 448 g/mol. The van der Waals surface area contributed by atoms with Crippen molar-refractivity contribution in [2.75, 3.05) is 6.61 Å². The molecule has 2 aromatic heterocycles. The van der Waals surface area contributed by atoms with Gasteiger partial charge in [0.05, 0.1) is 36.3 Å². The highest BCUT2D eigenvalue weighted by atomic mass is 19.2. The summed E-state index contributed by atoms with van der Waals surface area (Å²) in [5.74, 6) is -1.72. The SMILES string of the molecule is O=C(O)COc1ccc(-c2cc(CN3Cc4nc(-c5cccc(F)c5F)[nH]c4C=N3)on2)cc1. The standard InChI is InChI=1S/C23H17F2N5O4/c24-17-3-1-2-16(22(17)25)23-27-19-9-26-30(11-20(19)28-23)10-15-8-18(29-34-15)13-4-6-14(7-5-13)33-12-21(31)32/h1-9H,10-12H2,(H,27,28)(H,31,32). The van der Waals surface area contributed by atoms with Crippen LogP contribution in [0, 0.1) is 11.6 Å². The molecule has 0 fully saturated rings. The first kappa shape index (κ1) is 21.3. The largest absolute Gasteiger partial charge is 0.482 e. The van der Waals surface area contributed by atoms with Crippen molar-refractivity contribution in [3.8, 4) is 28.4 Å². The molecule has 0 aliphatic carbocycles. The van der Waals surface area contributed by atoms with Crippen LogP contribution in [0.3, 0.4) is 0 Å². The normalized spacial score (nSPS) is 12.6. The average molecular weight is 465 g/mol. The summed E-state index contributed by atoms with van der Waals surface area (Å²) in [6, 6.07) is 12.5. The molecule has 0 saturated carbocycles. The first-order valence-corrected chi connectivity index (χ1v) is 10.2. The first-order valence-electron chi connectivity index (χ1n) is 10.2. The minimum atomic E-state index is -1.05. The number of aromatic amines is 1. The van der Waals surface area contributed by atoms with E-state index in [0.29, 0.717) is 41.7 Å². The molecule has 2 aromatic carbocycles. The Morgan fingerprint density at radius 3 is 2.82 bits per heavy atom. The molecule has 1 aliphatic heterocycles. The number of fused-ring (bicyclic) bond motifs is 1. The maximum absolute atomic E-state index is 14.1. The number of aliphatic carboxylic acids is 1. The van der Waals surface area contributed by atoms with E-state index in [9.17, 15) is 13.6 Å². The highest BCUT2D eigenvalue weighted by Gasteiger charge is 2.21. The highest BCUT2D eigenvalue weighted by molar-refractivity contribution is 5.80. The van der Waals surface area contributed by atoms with E-state index in [1.165, 1.54) is 12.1 Å². The van der Waals surface area contributed by atoms with Crippen LogP contribution in [0.4, 0.5) is 8.78 Å². The van der Waals surface area contributed by atoms with Crippen molar-refractivity contribution in [3.63, 3.8) is 0 Å². The van der Waals surface area contributed by atoms with Gasteiger partial charge >= 0.3 is 5.97 Å². The van der Waals surface area contributed by atoms with E-state index in [2.05, 4.69) is 20.2 Å². The van der Waals surface area contributed by atoms with Crippen LogP contribution in [-0.4, -0.2) is 44.0 Å². The maximum atomic E-state index is 14.1. The monoisotopic (exact) mass is 465 g/mol. The quantitative estimate of drug-likeness (QED) is 0.426. The summed E-state index contributed by atoms with van der Waals surface area (Å²) in [7, 11) is 0. The lowest BCUT2D eigenvalue weighted by atomic mass is 10.1. The van der Waals surface area contributed by atoms with Crippen LogP contribution in [0.15, 0.2) is 58.2 Å². The molecule has 0 saturated heterocycles. The Hall–Kier alpha value is -4.54. The van der Waals surface area contributed by atoms with Crippen LogP contribution in [0.2, 0.25) is 0 Å². The van der Waals surface area contributed by atoms with Crippen LogP contribution >= 0.6 is 0 Å². The Morgan fingerprint density at radius 1 is 1.21 bits per heavy atom. The fraction of sp³-hybridized carbons (Fsp3) is 0.130. The average Bonchev–Trinajstić information content (AvgIpc) is 3.46. The van der Waals surface area contributed by atoms with Crippen LogP contribution in [0.1, 0.15) is 17.1 Å². The number of carboxylic acids is 1. The lowest BCUT2D eigenvalue weighted by Gasteiger charge is -2.19. The van der Waals surface area contributed by atoms with Gasteiger partial charge in [-0.3, -0.25) is 5.01 Å². The summed E-state index contributed by atoms with van der Waals surface area (Å²) in [5.41, 5.74) is 2.69. The van der Waals surface area contributed by atoms with E-state index in [1.54, 1.807) is 41.6 Å². The number of imidazole rings is 1. The molecule has 34 heavy (non-hydrogen) atoms. The molecule has 0 amide bonds. The number of hydrogen-bond donors (Lipinski definition) is 2. The van der Waals surface area contributed by atoms with Gasteiger partial charge in [0.25, 0.3) is 0 Å². The van der Waals surface area contributed by atoms with Gasteiger partial charge in [-0.05, 0) is 36.4 Å². The molecule has 0 unspecified atom stereocenters. The van der Waals surface area contributed by atoms with Crippen molar-refractivity contribution in [2.45, 2.75) is 13.1 Å². The summed E-state index contributed by atoms with van der Waals surface area (Å²) in [6.45, 7) is 0.240. The topological polar surface area (TPSA) is 117 Å². The molecule has 1 aliphatic rings. The third kappa shape index (κ3) is 4.35. The molecule has 0 atom stereocenters. The Kier molecular flexibility index (Phi) is 5.50. The van der Waals surface area contributed by atoms with E-state index in [0.717, 1.165) is 11.6 Å². The Morgan fingerprint density at radius 2 is 2.03 bits per heavy atom. The van der Waals surface area contributed by atoms with Crippen LogP contribution in [-0.2, 0) is 17.9 Å². The minimum Gasteiger partial charge on any atom is -0.482 e. The number of ether oxygens (including phenoxy) is 1. The second-order valence-corrected chi connectivity index (χ2v) is 7.50. The number of nitrogens with one attached hydrogen (secondary N) is 1. The lowest BCUT2D eigenvalue weighted by molar-refractivity contribution is -0.139. The van der Waals surface area contributed by atoms with Crippen LogP contribution in [0.5, 0.6) is 5.75 Å². The Labute approximate surface area is 191 Å². The molecule has 11 heteroatoms. The van der Waals surface area contributed by atoms with Crippen LogP contribution < -0.4 is 4.74 Å². The molecule has 0 radical (unpaired) electrons. The number of halogens is 2. The number of aromatic nitrogens is 3. The van der Waals surface area contributed by atoms with E-state index in [4.69, 9.17) is 14.4 Å². The fourth-order valence-electron chi connectivity index (χ4n) is 3.48. The van der Waals surface area contributed by atoms with Gasteiger partial charge in [0, 0.05) is 11.6 Å². The Bertz CT molecular complexity index is 1380.